The third-order valence-corrected chi connectivity index (χ3v) is 4.72. The molecule has 3 heterocycles. The second-order valence-corrected chi connectivity index (χ2v) is 6.79. The Kier molecular flexibility index (Phi) is 3.88. The second kappa shape index (κ2) is 6.20. The number of nitrogens with one attached hydrogen (secondary N) is 2. The molecule has 0 atom stereocenters. The largest absolute Gasteiger partial charge is 0.358 e. The Morgan fingerprint density at radius 2 is 1.96 bits per heavy atom. The molecule has 0 radical (unpaired) electrons. The summed E-state index contributed by atoms with van der Waals surface area (Å²) in [4.78, 5) is 19.9. The van der Waals surface area contributed by atoms with E-state index in [1.165, 1.54) is 5.56 Å². The first-order valence-corrected chi connectivity index (χ1v) is 8.68. The summed E-state index contributed by atoms with van der Waals surface area (Å²) in [6.07, 6.45) is 2.67. The minimum atomic E-state index is 0.00247. The molecule has 2 aromatic heterocycles. The molecule has 1 amide bonds. The second-order valence-electron chi connectivity index (χ2n) is 6.79. The number of aromatic nitrogens is 2. The van der Waals surface area contributed by atoms with E-state index >= 15 is 0 Å². The van der Waals surface area contributed by atoms with Crippen LogP contribution in [-0.2, 0) is 6.42 Å². The molecule has 0 fully saturated rings. The summed E-state index contributed by atoms with van der Waals surface area (Å²) in [5.41, 5.74) is 7.13. The summed E-state index contributed by atoms with van der Waals surface area (Å²) < 4.78 is 0. The van der Waals surface area contributed by atoms with Crippen molar-refractivity contribution < 1.29 is 4.79 Å². The Morgan fingerprint density at radius 1 is 1.08 bits per heavy atom. The van der Waals surface area contributed by atoms with Crippen molar-refractivity contribution in [1.82, 2.24) is 15.3 Å². The first-order valence-electron chi connectivity index (χ1n) is 8.68. The molecule has 4 heteroatoms. The van der Waals surface area contributed by atoms with Gasteiger partial charge in [0.25, 0.3) is 5.91 Å². The Hall–Kier alpha value is -2.88. The van der Waals surface area contributed by atoms with Crippen LogP contribution in [0.4, 0.5) is 0 Å². The fourth-order valence-corrected chi connectivity index (χ4v) is 3.26. The third kappa shape index (κ3) is 2.95. The van der Waals surface area contributed by atoms with Gasteiger partial charge in [-0.3, -0.25) is 9.78 Å². The molecule has 2 N–H and O–H groups in total. The molecule has 0 spiro atoms. The van der Waals surface area contributed by atoms with Crippen LogP contribution in [0.15, 0.2) is 48.7 Å². The van der Waals surface area contributed by atoms with Crippen molar-refractivity contribution in [2.75, 3.05) is 6.54 Å². The maximum atomic E-state index is 12.0. The highest BCUT2D eigenvalue weighted by molar-refractivity contribution is 5.97. The van der Waals surface area contributed by atoms with Gasteiger partial charge in [-0.25, -0.2) is 0 Å². The maximum absolute atomic E-state index is 12.0. The molecule has 0 unspecified atom stereocenters. The van der Waals surface area contributed by atoms with Crippen molar-refractivity contribution in [2.24, 2.45) is 0 Å². The van der Waals surface area contributed by atoms with Gasteiger partial charge in [0.05, 0.1) is 11.3 Å². The van der Waals surface area contributed by atoms with E-state index in [1.807, 2.05) is 18.3 Å². The fraction of sp³-hybridized carbons (Fsp3) is 0.238. The standard InChI is InChI=1S/C21H21N3O/c1-13(2)14-4-3-5-15(10-14)19-11-16(6-8-22-19)20-12-17-18(24-20)7-9-23-21(17)25/h3-6,8,10-13,24H,7,9H2,1-2H3,(H,23,25). The molecule has 1 aliphatic heterocycles. The van der Waals surface area contributed by atoms with Gasteiger partial charge >= 0.3 is 0 Å². The molecule has 3 aromatic rings. The molecular formula is C21H21N3O. The molecule has 25 heavy (non-hydrogen) atoms. The number of carbonyl (C=O) groups excluding carboxylic acids is 1. The van der Waals surface area contributed by atoms with Gasteiger partial charge < -0.3 is 10.3 Å². The number of rotatable bonds is 3. The van der Waals surface area contributed by atoms with E-state index in [9.17, 15) is 4.79 Å². The summed E-state index contributed by atoms with van der Waals surface area (Å²) in [5, 5.41) is 2.89. The maximum Gasteiger partial charge on any atom is 0.253 e. The number of carbonyl (C=O) groups is 1. The smallest absolute Gasteiger partial charge is 0.253 e. The number of amides is 1. The summed E-state index contributed by atoms with van der Waals surface area (Å²) >= 11 is 0. The highest BCUT2D eigenvalue weighted by Crippen LogP contribution is 2.28. The number of fused-ring (bicyclic) bond motifs is 1. The van der Waals surface area contributed by atoms with Gasteiger partial charge in [-0.2, -0.15) is 0 Å². The zero-order valence-corrected chi connectivity index (χ0v) is 14.5. The lowest BCUT2D eigenvalue weighted by molar-refractivity contribution is 0.0946. The zero-order valence-electron chi connectivity index (χ0n) is 14.5. The van der Waals surface area contributed by atoms with E-state index in [2.05, 4.69) is 59.5 Å². The summed E-state index contributed by atoms with van der Waals surface area (Å²) in [5.74, 6) is 0.486. The normalized spacial score (nSPS) is 13.6. The predicted molar refractivity (Wildman–Crippen MR) is 99.6 cm³/mol. The van der Waals surface area contributed by atoms with Crippen LogP contribution >= 0.6 is 0 Å². The molecular weight excluding hydrogens is 310 g/mol. The Balaban J connectivity index is 1.73. The van der Waals surface area contributed by atoms with Crippen LogP contribution in [0.25, 0.3) is 22.5 Å². The van der Waals surface area contributed by atoms with Crippen molar-refractivity contribution in [3.63, 3.8) is 0 Å². The van der Waals surface area contributed by atoms with Crippen LogP contribution in [0.1, 0.15) is 41.4 Å². The van der Waals surface area contributed by atoms with Crippen molar-refractivity contribution >= 4 is 5.91 Å². The molecule has 0 saturated heterocycles. The lowest BCUT2D eigenvalue weighted by atomic mass is 9.99. The number of aromatic amines is 1. The summed E-state index contributed by atoms with van der Waals surface area (Å²) in [6.45, 7) is 5.07. The van der Waals surface area contributed by atoms with Gasteiger partial charge in [-0.1, -0.05) is 32.0 Å². The molecule has 0 aliphatic carbocycles. The van der Waals surface area contributed by atoms with E-state index in [0.29, 0.717) is 12.5 Å². The Morgan fingerprint density at radius 3 is 2.76 bits per heavy atom. The van der Waals surface area contributed by atoms with Gasteiger partial charge in [0.2, 0.25) is 0 Å². The lowest BCUT2D eigenvalue weighted by Gasteiger charge is -2.11. The minimum absolute atomic E-state index is 0.00247. The van der Waals surface area contributed by atoms with Gasteiger partial charge in [0.15, 0.2) is 0 Å². The highest BCUT2D eigenvalue weighted by atomic mass is 16.1. The number of hydrogen-bond acceptors (Lipinski definition) is 2. The Labute approximate surface area is 147 Å². The Bertz CT molecular complexity index is 940. The zero-order chi connectivity index (χ0) is 17.4. The number of H-pyrrole nitrogens is 1. The van der Waals surface area contributed by atoms with Crippen molar-refractivity contribution in [2.45, 2.75) is 26.2 Å². The predicted octanol–water partition coefficient (Wildman–Crippen LogP) is 4.15. The molecule has 1 aliphatic rings. The minimum Gasteiger partial charge on any atom is -0.358 e. The van der Waals surface area contributed by atoms with Crippen LogP contribution in [0.3, 0.4) is 0 Å². The van der Waals surface area contributed by atoms with E-state index in [-0.39, 0.29) is 5.91 Å². The fourth-order valence-electron chi connectivity index (χ4n) is 3.26. The van der Waals surface area contributed by atoms with Crippen molar-refractivity contribution in [3.8, 4) is 22.5 Å². The summed E-state index contributed by atoms with van der Waals surface area (Å²) in [7, 11) is 0. The van der Waals surface area contributed by atoms with Crippen LogP contribution in [0.5, 0.6) is 0 Å². The van der Waals surface area contributed by atoms with E-state index in [4.69, 9.17) is 0 Å². The third-order valence-electron chi connectivity index (χ3n) is 4.72. The van der Waals surface area contributed by atoms with Crippen molar-refractivity contribution in [1.29, 1.82) is 0 Å². The molecule has 126 valence electrons. The van der Waals surface area contributed by atoms with E-state index < -0.39 is 0 Å². The number of nitrogens with zero attached hydrogens (tertiary/aromatic N) is 1. The molecule has 4 nitrogen and oxygen atoms in total. The van der Waals surface area contributed by atoms with Gasteiger partial charge in [0.1, 0.15) is 0 Å². The average Bonchev–Trinajstić information content (AvgIpc) is 3.08. The van der Waals surface area contributed by atoms with Crippen LogP contribution in [0.2, 0.25) is 0 Å². The van der Waals surface area contributed by atoms with E-state index in [0.717, 1.165) is 40.2 Å². The van der Waals surface area contributed by atoms with Crippen LogP contribution < -0.4 is 5.32 Å². The van der Waals surface area contributed by atoms with Crippen LogP contribution in [-0.4, -0.2) is 22.4 Å². The quantitative estimate of drug-likeness (QED) is 0.757. The first kappa shape index (κ1) is 15.6. The van der Waals surface area contributed by atoms with E-state index in [1.54, 1.807) is 0 Å². The lowest BCUT2D eigenvalue weighted by Crippen LogP contribution is -2.31. The first-order chi connectivity index (χ1) is 12.1. The van der Waals surface area contributed by atoms with Gasteiger partial charge in [0, 0.05) is 41.7 Å². The SMILES string of the molecule is CC(C)c1cccc(-c2cc(-c3cc4c([nH]3)CCNC4=O)ccn2)c1. The molecule has 0 saturated carbocycles. The molecule has 1 aromatic carbocycles. The average molecular weight is 331 g/mol. The van der Waals surface area contributed by atoms with Gasteiger partial charge in [-0.15, -0.1) is 0 Å². The summed E-state index contributed by atoms with van der Waals surface area (Å²) in [6, 6.07) is 14.5. The van der Waals surface area contributed by atoms with Crippen LogP contribution in [0, 0.1) is 0 Å². The molecule has 0 bridgehead atoms. The van der Waals surface area contributed by atoms with Crippen molar-refractivity contribution in [3.05, 3.63) is 65.5 Å². The number of benzene rings is 1. The molecule has 4 rings (SSSR count). The monoisotopic (exact) mass is 331 g/mol. The number of pyridine rings is 1. The highest BCUT2D eigenvalue weighted by Gasteiger charge is 2.20. The van der Waals surface area contributed by atoms with Gasteiger partial charge in [-0.05, 0) is 35.7 Å². The topological polar surface area (TPSA) is 57.8 Å². The number of hydrogen-bond donors (Lipinski definition) is 2.